The average molecular weight is 308 g/mol. The van der Waals surface area contributed by atoms with Crippen molar-refractivity contribution in [2.45, 2.75) is 6.42 Å². The monoisotopic (exact) mass is 308 g/mol. The summed E-state index contributed by atoms with van der Waals surface area (Å²) in [5.41, 5.74) is 7.83. The lowest BCUT2D eigenvalue weighted by atomic mass is 9.93. The van der Waals surface area contributed by atoms with Crippen LogP contribution in [-0.2, 0) is 6.42 Å². The zero-order valence-electron chi connectivity index (χ0n) is 13.2. The van der Waals surface area contributed by atoms with Crippen LogP contribution < -0.4 is 0 Å². The number of benzene rings is 4. The molecule has 0 unspecified atom stereocenters. The number of hydrogen-bond acceptors (Lipinski definition) is 1. The van der Waals surface area contributed by atoms with E-state index in [2.05, 4.69) is 60.7 Å². The van der Waals surface area contributed by atoms with Crippen molar-refractivity contribution in [1.29, 1.82) is 0 Å². The van der Waals surface area contributed by atoms with Gasteiger partial charge in [-0.25, -0.2) is 0 Å². The second-order valence-electron chi connectivity index (χ2n) is 6.42. The van der Waals surface area contributed by atoms with Gasteiger partial charge in [0.05, 0.1) is 0 Å². The van der Waals surface area contributed by atoms with Crippen LogP contribution in [0.15, 0.2) is 78.9 Å². The third-order valence-electron chi connectivity index (χ3n) is 4.95. The Balaban J connectivity index is 1.90. The molecule has 1 nitrogen and oxygen atoms in total. The lowest BCUT2D eigenvalue weighted by molar-refractivity contribution is 0.476. The summed E-state index contributed by atoms with van der Waals surface area (Å²) in [6.45, 7) is 0. The minimum Gasteiger partial charge on any atom is -0.508 e. The lowest BCUT2D eigenvalue weighted by Gasteiger charge is -2.11. The molecule has 0 amide bonds. The van der Waals surface area contributed by atoms with Crippen LogP contribution in [0.25, 0.3) is 33.0 Å². The van der Waals surface area contributed by atoms with Gasteiger partial charge in [0.1, 0.15) is 5.75 Å². The molecule has 0 aromatic heterocycles. The van der Waals surface area contributed by atoms with Crippen LogP contribution in [0.1, 0.15) is 11.1 Å². The van der Waals surface area contributed by atoms with Gasteiger partial charge in [0.25, 0.3) is 0 Å². The highest BCUT2D eigenvalue weighted by molar-refractivity contribution is 5.95. The minimum atomic E-state index is 0.313. The molecule has 114 valence electrons. The van der Waals surface area contributed by atoms with Gasteiger partial charge in [-0.15, -0.1) is 0 Å². The van der Waals surface area contributed by atoms with E-state index in [4.69, 9.17) is 0 Å². The summed E-state index contributed by atoms with van der Waals surface area (Å²) in [6, 6.07) is 27.4. The quantitative estimate of drug-likeness (QED) is 0.384. The van der Waals surface area contributed by atoms with Crippen LogP contribution in [0.4, 0.5) is 0 Å². The average Bonchev–Trinajstić information content (AvgIpc) is 2.75. The summed E-state index contributed by atoms with van der Waals surface area (Å²) in [5, 5.41) is 12.1. The molecule has 0 aliphatic heterocycles. The Morgan fingerprint density at radius 2 is 1.25 bits per heavy atom. The molecule has 4 aromatic carbocycles. The molecule has 0 bridgehead atoms. The summed E-state index contributed by atoms with van der Waals surface area (Å²) in [5.74, 6) is 0.313. The van der Waals surface area contributed by atoms with Crippen molar-refractivity contribution in [3.8, 4) is 28.0 Å². The van der Waals surface area contributed by atoms with Crippen molar-refractivity contribution < 1.29 is 5.11 Å². The van der Waals surface area contributed by atoms with Gasteiger partial charge in [-0.2, -0.15) is 0 Å². The molecule has 1 aliphatic carbocycles. The standard InChI is InChI=1S/C23H16O/c24-19-10-9-15-11-18-12-16-5-1-2-6-20(16)21-7-3-4-8-22(21)23(18)14-17(15)13-19/h1-11,13-14,24H,12H2. The van der Waals surface area contributed by atoms with Crippen molar-refractivity contribution >= 4 is 10.8 Å². The molecule has 24 heavy (non-hydrogen) atoms. The van der Waals surface area contributed by atoms with E-state index < -0.39 is 0 Å². The Labute approximate surface area is 140 Å². The Hall–Kier alpha value is -3.06. The van der Waals surface area contributed by atoms with E-state index in [9.17, 15) is 5.11 Å². The molecule has 1 aliphatic rings. The van der Waals surface area contributed by atoms with E-state index in [0.29, 0.717) is 5.75 Å². The van der Waals surface area contributed by atoms with Gasteiger partial charge in [0.2, 0.25) is 0 Å². The van der Waals surface area contributed by atoms with E-state index in [1.165, 1.54) is 38.8 Å². The summed E-state index contributed by atoms with van der Waals surface area (Å²) in [7, 11) is 0. The zero-order valence-corrected chi connectivity index (χ0v) is 13.2. The largest absolute Gasteiger partial charge is 0.508 e. The fourth-order valence-corrected chi connectivity index (χ4v) is 3.82. The van der Waals surface area contributed by atoms with Crippen LogP contribution >= 0.6 is 0 Å². The van der Waals surface area contributed by atoms with Crippen LogP contribution in [0.3, 0.4) is 0 Å². The van der Waals surface area contributed by atoms with Crippen molar-refractivity contribution in [2.24, 2.45) is 0 Å². The first-order valence-corrected chi connectivity index (χ1v) is 8.23. The maximum Gasteiger partial charge on any atom is 0.116 e. The van der Waals surface area contributed by atoms with Crippen LogP contribution in [-0.4, -0.2) is 5.11 Å². The number of aromatic hydroxyl groups is 1. The highest BCUT2D eigenvalue weighted by atomic mass is 16.3. The third kappa shape index (κ3) is 1.95. The second kappa shape index (κ2) is 4.97. The highest BCUT2D eigenvalue weighted by Gasteiger charge is 2.19. The SMILES string of the molecule is Oc1ccc2cc3c(cc2c1)-c1ccccc1-c1ccccc1C3. The summed E-state index contributed by atoms with van der Waals surface area (Å²) in [6.07, 6.45) is 0.928. The number of hydrogen-bond donors (Lipinski definition) is 1. The van der Waals surface area contributed by atoms with E-state index in [1.807, 2.05) is 12.1 Å². The van der Waals surface area contributed by atoms with Gasteiger partial charge < -0.3 is 5.11 Å². The Morgan fingerprint density at radius 1 is 0.542 bits per heavy atom. The highest BCUT2D eigenvalue weighted by Crippen LogP contribution is 2.41. The van der Waals surface area contributed by atoms with Crippen molar-refractivity contribution in [2.75, 3.05) is 0 Å². The number of phenolic OH excluding ortho intramolecular Hbond substituents is 1. The maximum absolute atomic E-state index is 9.83. The molecule has 0 saturated heterocycles. The van der Waals surface area contributed by atoms with Crippen molar-refractivity contribution in [3.63, 3.8) is 0 Å². The third-order valence-corrected chi connectivity index (χ3v) is 4.95. The molecule has 1 N–H and O–H groups in total. The molecule has 0 saturated carbocycles. The Kier molecular flexibility index (Phi) is 2.77. The van der Waals surface area contributed by atoms with Crippen LogP contribution in [0.5, 0.6) is 5.75 Å². The molecule has 5 rings (SSSR count). The predicted molar refractivity (Wildman–Crippen MR) is 99.3 cm³/mol. The molecule has 0 heterocycles. The Bertz CT molecular complexity index is 1090. The van der Waals surface area contributed by atoms with E-state index >= 15 is 0 Å². The van der Waals surface area contributed by atoms with E-state index in [1.54, 1.807) is 6.07 Å². The molecule has 4 aromatic rings. The summed E-state index contributed by atoms with van der Waals surface area (Å²) in [4.78, 5) is 0. The van der Waals surface area contributed by atoms with Gasteiger partial charge in [0, 0.05) is 0 Å². The van der Waals surface area contributed by atoms with Gasteiger partial charge >= 0.3 is 0 Å². The first-order chi connectivity index (χ1) is 11.8. The van der Waals surface area contributed by atoms with Crippen molar-refractivity contribution in [3.05, 3.63) is 90.0 Å². The first-order valence-electron chi connectivity index (χ1n) is 8.23. The normalized spacial score (nSPS) is 12.2. The fourth-order valence-electron chi connectivity index (χ4n) is 3.82. The minimum absolute atomic E-state index is 0.313. The predicted octanol–water partition coefficient (Wildman–Crippen LogP) is 5.78. The number of fused-ring (bicyclic) bond motifs is 6. The molecular weight excluding hydrogens is 292 g/mol. The van der Waals surface area contributed by atoms with Gasteiger partial charge in [0.15, 0.2) is 0 Å². The van der Waals surface area contributed by atoms with Crippen molar-refractivity contribution in [1.82, 2.24) is 0 Å². The van der Waals surface area contributed by atoms with Gasteiger partial charge in [-0.1, -0.05) is 60.7 Å². The molecule has 0 radical (unpaired) electrons. The molecule has 0 spiro atoms. The lowest BCUT2D eigenvalue weighted by Crippen LogP contribution is -1.91. The summed E-state index contributed by atoms with van der Waals surface area (Å²) >= 11 is 0. The smallest absolute Gasteiger partial charge is 0.116 e. The topological polar surface area (TPSA) is 20.2 Å². The molecular formula is C23H16O. The Morgan fingerprint density at radius 3 is 2.08 bits per heavy atom. The van der Waals surface area contributed by atoms with E-state index in [0.717, 1.165) is 11.8 Å². The summed E-state index contributed by atoms with van der Waals surface area (Å²) < 4.78 is 0. The molecule has 1 heteroatoms. The van der Waals surface area contributed by atoms with Crippen LogP contribution in [0.2, 0.25) is 0 Å². The first kappa shape index (κ1) is 13.4. The van der Waals surface area contributed by atoms with Crippen LogP contribution in [0, 0.1) is 0 Å². The molecule has 0 fully saturated rings. The number of phenols is 1. The zero-order chi connectivity index (χ0) is 16.1. The second-order valence-corrected chi connectivity index (χ2v) is 6.42. The number of rotatable bonds is 0. The fraction of sp³-hybridized carbons (Fsp3) is 0.0435. The van der Waals surface area contributed by atoms with Gasteiger partial charge in [-0.3, -0.25) is 0 Å². The van der Waals surface area contributed by atoms with E-state index in [-0.39, 0.29) is 0 Å². The maximum atomic E-state index is 9.83. The molecule has 0 atom stereocenters. The van der Waals surface area contributed by atoms with Gasteiger partial charge in [-0.05, 0) is 68.8 Å².